The van der Waals surface area contributed by atoms with Crippen LogP contribution in [0.5, 0.6) is 0 Å². The summed E-state index contributed by atoms with van der Waals surface area (Å²) in [5.74, 6) is 0. The minimum atomic E-state index is -0.349. The molecule has 1 amide bonds. The Morgan fingerprint density at radius 3 is 2.74 bits per heavy atom. The second kappa shape index (κ2) is 7.42. The van der Waals surface area contributed by atoms with Crippen LogP contribution in [0.3, 0.4) is 0 Å². The van der Waals surface area contributed by atoms with Crippen molar-refractivity contribution in [2.24, 2.45) is 5.16 Å². The first-order valence-electron chi connectivity index (χ1n) is 7.89. The molecule has 0 spiro atoms. The van der Waals surface area contributed by atoms with Crippen LogP contribution >= 0.6 is 11.3 Å². The zero-order valence-electron chi connectivity index (χ0n) is 13.2. The predicted molar refractivity (Wildman–Crippen MR) is 93.9 cm³/mol. The number of carbonyl (C=O) groups is 1. The van der Waals surface area contributed by atoms with Crippen molar-refractivity contribution in [1.82, 2.24) is 4.90 Å². The first-order valence-corrected chi connectivity index (χ1v) is 8.77. The van der Waals surface area contributed by atoms with Gasteiger partial charge in [-0.3, -0.25) is 4.84 Å². The van der Waals surface area contributed by atoms with Gasteiger partial charge in [-0.25, -0.2) is 4.79 Å². The van der Waals surface area contributed by atoms with Crippen LogP contribution in [0.25, 0.3) is 10.4 Å². The summed E-state index contributed by atoms with van der Waals surface area (Å²) in [4.78, 5) is 20.0. The molecule has 4 nitrogen and oxygen atoms in total. The predicted octanol–water partition coefficient (Wildman–Crippen LogP) is 4.76. The van der Waals surface area contributed by atoms with Gasteiger partial charge in [0.2, 0.25) is 0 Å². The molecule has 0 bridgehead atoms. The smallest absolute Gasteiger partial charge is 0.306 e. The zero-order chi connectivity index (χ0) is 16.1. The van der Waals surface area contributed by atoms with Gasteiger partial charge in [-0.05, 0) is 54.8 Å². The molecule has 0 unspecified atom stereocenters. The van der Waals surface area contributed by atoms with Crippen molar-refractivity contribution in [2.75, 3.05) is 13.1 Å². The van der Waals surface area contributed by atoms with Crippen molar-refractivity contribution in [3.05, 3.63) is 47.3 Å². The van der Waals surface area contributed by atoms with Gasteiger partial charge in [0.05, 0.1) is 5.71 Å². The van der Waals surface area contributed by atoms with E-state index in [0.29, 0.717) is 5.71 Å². The first kappa shape index (κ1) is 15.7. The quantitative estimate of drug-likeness (QED) is 0.463. The molecule has 0 aliphatic carbocycles. The number of thiophene rings is 1. The second-order valence-corrected chi connectivity index (χ2v) is 6.59. The fraction of sp³-hybridized carbons (Fsp3) is 0.333. The molecule has 1 aromatic carbocycles. The third-order valence-electron chi connectivity index (χ3n) is 3.96. The van der Waals surface area contributed by atoms with Crippen LogP contribution in [-0.4, -0.2) is 29.8 Å². The highest BCUT2D eigenvalue weighted by Crippen LogP contribution is 2.25. The highest BCUT2D eigenvalue weighted by Gasteiger charge is 2.18. The zero-order valence-corrected chi connectivity index (χ0v) is 14.0. The van der Waals surface area contributed by atoms with E-state index < -0.39 is 0 Å². The van der Waals surface area contributed by atoms with E-state index in [1.54, 1.807) is 16.2 Å². The molecule has 23 heavy (non-hydrogen) atoms. The summed E-state index contributed by atoms with van der Waals surface area (Å²) in [6.07, 6.45) is 2.92. The van der Waals surface area contributed by atoms with Crippen molar-refractivity contribution in [3.8, 4) is 10.4 Å². The third-order valence-corrected chi connectivity index (χ3v) is 4.88. The summed E-state index contributed by atoms with van der Waals surface area (Å²) in [7, 11) is 0. The molecule has 1 aliphatic rings. The molecule has 2 heterocycles. The van der Waals surface area contributed by atoms with Crippen molar-refractivity contribution >= 4 is 23.1 Å². The number of amides is 1. The molecule has 1 fully saturated rings. The van der Waals surface area contributed by atoms with E-state index in [4.69, 9.17) is 4.84 Å². The Balaban J connectivity index is 1.68. The molecule has 5 heteroatoms. The summed E-state index contributed by atoms with van der Waals surface area (Å²) in [6, 6.07) is 12.2. The van der Waals surface area contributed by atoms with Gasteiger partial charge in [0.25, 0.3) is 0 Å². The molecular weight excluding hydrogens is 308 g/mol. The Kier molecular flexibility index (Phi) is 5.08. The van der Waals surface area contributed by atoms with Gasteiger partial charge in [0.1, 0.15) is 0 Å². The summed E-state index contributed by atoms with van der Waals surface area (Å²) in [5.41, 5.74) is 2.81. The largest absolute Gasteiger partial charge is 0.435 e. The SMILES string of the molecule is C/C(=N\OC(=O)N1CCCCC1)c1cccc(-c2cccs2)c1. The summed E-state index contributed by atoms with van der Waals surface area (Å²) in [6.45, 7) is 3.39. The number of likely N-dealkylation sites (tertiary alicyclic amines) is 1. The van der Waals surface area contributed by atoms with E-state index in [1.807, 2.05) is 25.1 Å². The molecule has 1 aliphatic heterocycles. The molecule has 120 valence electrons. The standard InChI is InChI=1S/C18H20N2O2S/c1-14(19-22-18(21)20-10-3-2-4-11-20)15-7-5-8-16(13-15)17-9-6-12-23-17/h5-9,12-13H,2-4,10-11H2,1H3/b19-14+. The van der Waals surface area contributed by atoms with Crippen LogP contribution in [-0.2, 0) is 4.84 Å². The number of benzene rings is 1. The van der Waals surface area contributed by atoms with Crippen molar-refractivity contribution in [2.45, 2.75) is 26.2 Å². The lowest BCUT2D eigenvalue weighted by Crippen LogP contribution is -2.35. The van der Waals surface area contributed by atoms with E-state index in [9.17, 15) is 4.79 Å². The minimum Gasteiger partial charge on any atom is -0.306 e. The van der Waals surface area contributed by atoms with E-state index in [-0.39, 0.29) is 6.09 Å². The average Bonchev–Trinajstić information content (AvgIpc) is 3.15. The Labute approximate surface area is 140 Å². The summed E-state index contributed by atoms with van der Waals surface area (Å²) < 4.78 is 0. The Morgan fingerprint density at radius 2 is 2.00 bits per heavy atom. The van der Waals surface area contributed by atoms with Crippen LogP contribution in [0, 0.1) is 0 Å². The van der Waals surface area contributed by atoms with E-state index in [1.165, 1.54) is 11.3 Å². The highest BCUT2D eigenvalue weighted by atomic mass is 32.1. The molecule has 1 saturated heterocycles. The van der Waals surface area contributed by atoms with Gasteiger partial charge in [0, 0.05) is 18.0 Å². The normalized spacial score (nSPS) is 15.5. The van der Waals surface area contributed by atoms with Crippen LogP contribution < -0.4 is 0 Å². The second-order valence-electron chi connectivity index (χ2n) is 5.64. The number of oxime groups is 1. The Morgan fingerprint density at radius 1 is 1.17 bits per heavy atom. The number of hydrogen-bond acceptors (Lipinski definition) is 4. The van der Waals surface area contributed by atoms with E-state index in [2.05, 4.69) is 28.7 Å². The monoisotopic (exact) mass is 328 g/mol. The molecule has 0 radical (unpaired) electrons. The lowest BCUT2D eigenvalue weighted by Gasteiger charge is -2.24. The molecule has 2 aromatic rings. The number of carbonyl (C=O) groups excluding carboxylic acids is 1. The molecule has 0 atom stereocenters. The maximum Gasteiger partial charge on any atom is 0.435 e. The number of rotatable bonds is 3. The van der Waals surface area contributed by atoms with Gasteiger partial charge in [-0.15, -0.1) is 11.3 Å². The van der Waals surface area contributed by atoms with Gasteiger partial charge in [-0.2, -0.15) is 0 Å². The maximum atomic E-state index is 12.0. The van der Waals surface area contributed by atoms with E-state index >= 15 is 0 Å². The minimum absolute atomic E-state index is 0.349. The van der Waals surface area contributed by atoms with Crippen LogP contribution in [0.4, 0.5) is 4.79 Å². The van der Waals surface area contributed by atoms with Gasteiger partial charge >= 0.3 is 6.09 Å². The fourth-order valence-corrected chi connectivity index (χ4v) is 3.36. The van der Waals surface area contributed by atoms with Crippen molar-refractivity contribution in [3.63, 3.8) is 0 Å². The maximum absolute atomic E-state index is 12.0. The van der Waals surface area contributed by atoms with Crippen LogP contribution in [0.15, 0.2) is 46.9 Å². The van der Waals surface area contributed by atoms with Crippen LogP contribution in [0.1, 0.15) is 31.7 Å². The summed E-state index contributed by atoms with van der Waals surface area (Å²) >= 11 is 1.70. The van der Waals surface area contributed by atoms with Gasteiger partial charge in [0.15, 0.2) is 0 Å². The Hall–Kier alpha value is -2.14. The molecule has 0 N–H and O–H groups in total. The van der Waals surface area contributed by atoms with Crippen molar-refractivity contribution in [1.29, 1.82) is 0 Å². The summed E-state index contributed by atoms with van der Waals surface area (Å²) in [5, 5.41) is 6.08. The Bertz CT molecular complexity index is 689. The van der Waals surface area contributed by atoms with Crippen LogP contribution in [0.2, 0.25) is 0 Å². The number of piperidine rings is 1. The molecule has 0 saturated carbocycles. The molecule has 1 aromatic heterocycles. The number of nitrogens with zero attached hydrogens (tertiary/aromatic N) is 2. The number of hydrogen-bond donors (Lipinski definition) is 0. The lowest BCUT2D eigenvalue weighted by molar-refractivity contribution is 0.0982. The molecule has 3 rings (SSSR count). The average molecular weight is 328 g/mol. The van der Waals surface area contributed by atoms with Gasteiger partial charge < -0.3 is 4.90 Å². The van der Waals surface area contributed by atoms with Crippen molar-refractivity contribution < 1.29 is 9.63 Å². The molecular formula is C18H20N2O2S. The van der Waals surface area contributed by atoms with E-state index in [0.717, 1.165) is 37.1 Å². The fourth-order valence-electron chi connectivity index (χ4n) is 2.63. The first-order chi connectivity index (χ1) is 11.2. The third kappa shape index (κ3) is 3.99. The lowest BCUT2D eigenvalue weighted by atomic mass is 10.1. The van der Waals surface area contributed by atoms with Gasteiger partial charge in [-0.1, -0.05) is 29.4 Å². The highest BCUT2D eigenvalue weighted by molar-refractivity contribution is 7.13. The topological polar surface area (TPSA) is 41.9 Å².